The standard InChI is InChI=1S/C14H19N3O3/c1-14(12(18)19)7-3-5-9-17(14)13(20)16-10-11-6-2-4-8-15-11/h2,4,6,8H,3,5,7,9-10H2,1H3,(H,16,20)(H,18,19). The number of aromatic nitrogens is 1. The van der Waals surface area contributed by atoms with Crippen LogP contribution < -0.4 is 5.32 Å². The maximum Gasteiger partial charge on any atom is 0.329 e. The number of likely N-dealkylation sites (tertiary alicyclic amines) is 1. The van der Waals surface area contributed by atoms with Crippen molar-refractivity contribution in [3.63, 3.8) is 0 Å². The molecule has 1 unspecified atom stereocenters. The number of nitrogens with one attached hydrogen (secondary N) is 1. The molecule has 0 bridgehead atoms. The van der Waals surface area contributed by atoms with E-state index < -0.39 is 11.5 Å². The molecule has 20 heavy (non-hydrogen) atoms. The van der Waals surface area contributed by atoms with Crippen molar-refractivity contribution in [1.29, 1.82) is 0 Å². The maximum atomic E-state index is 12.2. The van der Waals surface area contributed by atoms with Gasteiger partial charge in [0.2, 0.25) is 0 Å². The van der Waals surface area contributed by atoms with Gasteiger partial charge in [-0.05, 0) is 38.3 Å². The number of pyridine rings is 1. The second-order valence-corrected chi connectivity index (χ2v) is 5.17. The van der Waals surface area contributed by atoms with Crippen molar-refractivity contribution in [2.45, 2.75) is 38.3 Å². The van der Waals surface area contributed by atoms with Gasteiger partial charge in [-0.3, -0.25) is 4.98 Å². The van der Waals surface area contributed by atoms with E-state index in [2.05, 4.69) is 10.3 Å². The van der Waals surface area contributed by atoms with E-state index in [0.717, 1.165) is 18.5 Å². The smallest absolute Gasteiger partial charge is 0.329 e. The van der Waals surface area contributed by atoms with Crippen LogP contribution in [-0.4, -0.2) is 39.1 Å². The Bertz CT molecular complexity index is 492. The molecule has 1 aromatic rings. The topological polar surface area (TPSA) is 82.5 Å². The molecular formula is C14H19N3O3. The van der Waals surface area contributed by atoms with Gasteiger partial charge in [-0.2, -0.15) is 0 Å². The van der Waals surface area contributed by atoms with Gasteiger partial charge in [0, 0.05) is 12.7 Å². The molecule has 0 aromatic carbocycles. The van der Waals surface area contributed by atoms with E-state index in [1.165, 1.54) is 4.90 Å². The minimum Gasteiger partial charge on any atom is -0.480 e. The SMILES string of the molecule is CC1(C(=O)O)CCCCN1C(=O)NCc1ccccn1. The molecular weight excluding hydrogens is 258 g/mol. The Morgan fingerprint density at radius 3 is 2.90 bits per heavy atom. The van der Waals surface area contributed by atoms with Gasteiger partial charge in [-0.25, -0.2) is 9.59 Å². The van der Waals surface area contributed by atoms with Crippen LogP contribution in [0.15, 0.2) is 24.4 Å². The Morgan fingerprint density at radius 1 is 1.45 bits per heavy atom. The Balaban J connectivity index is 2.02. The number of carbonyl (C=O) groups is 2. The van der Waals surface area contributed by atoms with Crippen LogP contribution in [0.1, 0.15) is 31.9 Å². The summed E-state index contributed by atoms with van der Waals surface area (Å²) in [4.78, 5) is 29.2. The third kappa shape index (κ3) is 2.89. The number of amides is 2. The summed E-state index contributed by atoms with van der Waals surface area (Å²) in [5.41, 5.74) is -0.373. The number of piperidine rings is 1. The quantitative estimate of drug-likeness (QED) is 0.879. The number of carbonyl (C=O) groups excluding carboxylic acids is 1. The predicted molar refractivity (Wildman–Crippen MR) is 73.1 cm³/mol. The highest BCUT2D eigenvalue weighted by molar-refractivity contribution is 5.86. The van der Waals surface area contributed by atoms with Gasteiger partial charge >= 0.3 is 12.0 Å². The molecule has 1 aliphatic rings. The predicted octanol–water partition coefficient (Wildman–Crippen LogP) is 1.62. The van der Waals surface area contributed by atoms with Gasteiger partial charge in [0.25, 0.3) is 0 Å². The molecule has 0 aliphatic carbocycles. The highest BCUT2D eigenvalue weighted by atomic mass is 16.4. The van der Waals surface area contributed by atoms with Gasteiger partial charge in [-0.1, -0.05) is 6.07 Å². The number of carboxylic acids is 1. The van der Waals surface area contributed by atoms with Crippen LogP contribution in [0.2, 0.25) is 0 Å². The minimum absolute atomic E-state index is 0.297. The first-order valence-electron chi connectivity index (χ1n) is 6.73. The fourth-order valence-corrected chi connectivity index (χ4v) is 2.43. The van der Waals surface area contributed by atoms with E-state index in [9.17, 15) is 14.7 Å². The summed E-state index contributed by atoms with van der Waals surface area (Å²) in [7, 11) is 0. The zero-order valence-corrected chi connectivity index (χ0v) is 11.5. The molecule has 108 valence electrons. The van der Waals surface area contributed by atoms with E-state index in [0.29, 0.717) is 19.5 Å². The third-order valence-electron chi connectivity index (χ3n) is 3.74. The van der Waals surface area contributed by atoms with Gasteiger partial charge in [0.1, 0.15) is 5.54 Å². The summed E-state index contributed by atoms with van der Waals surface area (Å²) < 4.78 is 0. The highest BCUT2D eigenvalue weighted by Crippen LogP contribution is 2.28. The molecule has 1 aliphatic heterocycles. The molecule has 6 nitrogen and oxygen atoms in total. The Labute approximate surface area is 117 Å². The van der Waals surface area contributed by atoms with Crippen molar-refractivity contribution in [3.05, 3.63) is 30.1 Å². The number of aliphatic carboxylic acids is 1. The summed E-state index contributed by atoms with van der Waals surface area (Å²) >= 11 is 0. The van der Waals surface area contributed by atoms with Crippen molar-refractivity contribution in [1.82, 2.24) is 15.2 Å². The number of hydrogen-bond acceptors (Lipinski definition) is 3. The molecule has 1 saturated heterocycles. The lowest BCUT2D eigenvalue weighted by atomic mass is 9.89. The first-order valence-corrected chi connectivity index (χ1v) is 6.73. The van der Waals surface area contributed by atoms with Crippen molar-refractivity contribution >= 4 is 12.0 Å². The first kappa shape index (κ1) is 14.3. The fourth-order valence-electron chi connectivity index (χ4n) is 2.43. The zero-order chi connectivity index (χ0) is 14.6. The molecule has 2 amide bonds. The van der Waals surface area contributed by atoms with Crippen LogP contribution in [-0.2, 0) is 11.3 Å². The summed E-state index contributed by atoms with van der Waals surface area (Å²) in [6.45, 7) is 2.37. The molecule has 1 fully saturated rings. The largest absolute Gasteiger partial charge is 0.480 e. The Morgan fingerprint density at radius 2 is 2.25 bits per heavy atom. The zero-order valence-electron chi connectivity index (χ0n) is 11.5. The van der Waals surface area contributed by atoms with Crippen LogP contribution in [0.25, 0.3) is 0 Å². The first-order chi connectivity index (χ1) is 9.54. The van der Waals surface area contributed by atoms with E-state index in [1.807, 2.05) is 12.1 Å². The minimum atomic E-state index is -1.12. The number of urea groups is 1. The molecule has 0 saturated carbocycles. The van der Waals surface area contributed by atoms with Gasteiger partial charge in [0.15, 0.2) is 0 Å². The lowest BCUT2D eigenvalue weighted by Crippen LogP contribution is -2.59. The summed E-state index contributed by atoms with van der Waals surface area (Å²) in [6.07, 6.45) is 3.80. The average Bonchev–Trinajstić information content (AvgIpc) is 2.46. The Hall–Kier alpha value is -2.11. The molecule has 2 N–H and O–H groups in total. The van der Waals surface area contributed by atoms with E-state index >= 15 is 0 Å². The normalized spacial score (nSPS) is 22.4. The number of hydrogen-bond donors (Lipinski definition) is 2. The fraction of sp³-hybridized carbons (Fsp3) is 0.500. The van der Waals surface area contributed by atoms with E-state index in [4.69, 9.17) is 0 Å². The summed E-state index contributed by atoms with van der Waals surface area (Å²) in [5.74, 6) is -0.954. The second kappa shape index (κ2) is 5.90. The molecule has 2 heterocycles. The van der Waals surface area contributed by atoms with Crippen molar-refractivity contribution in [3.8, 4) is 0 Å². The third-order valence-corrected chi connectivity index (χ3v) is 3.74. The maximum absolute atomic E-state index is 12.2. The second-order valence-electron chi connectivity index (χ2n) is 5.17. The van der Waals surface area contributed by atoms with Crippen LogP contribution in [0, 0.1) is 0 Å². The lowest BCUT2D eigenvalue weighted by molar-refractivity contribution is -0.150. The van der Waals surface area contributed by atoms with Gasteiger partial charge in [-0.15, -0.1) is 0 Å². The lowest BCUT2D eigenvalue weighted by Gasteiger charge is -2.41. The van der Waals surface area contributed by atoms with Crippen LogP contribution >= 0.6 is 0 Å². The van der Waals surface area contributed by atoms with Crippen molar-refractivity contribution in [2.24, 2.45) is 0 Å². The van der Waals surface area contributed by atoms with Crippen LogP contribution in [0.5, 0.6) is 0 Å². The van der Waals surface area contributed by atoms with Crippen molar-refractivity contribution < 1.29 is 14.7 Å². The van der Waals surface area contributed by atoms with Gasteiger partial charge < -0.3 is 15.3 Å². The molecule has 6 heteroatoms. The molecule has 2 rings (SSSR count). The Kier molecular flexibility index (Phi) is 4.22. The number of nitrogens with zero attached hydrogens (tertiary/aromatic N) is 2. The molecule has 0 spiro atoms. The highest BCUT2D eigenvalue weighted by Gasteiger charge is 2.43. The molecule has 1 aromatic heterocycles. The number of carboxylic acid groups (broad SMARTS) is 1. The van der Waals surface area contributed by atoms with E-state index in [1.54, 1.807) is 19.2 Å². The summed E-state index contributed by atoms with van der Waals surface area (Å²) in [6, 6.07) is 5.11. The van der Waals surface area contributed by atoms with E-state index in [-0.39, 0.29) is 6.03 Å². The average molecular weight is 277 g/mol. The van der Waals surface area contributed by atoms with Gasteiger partial charge in [0.05, 0.1) is 12.2 Å². The van der Waals surface area contributed by atoms with Crippen molar-refractivity contribution in [2.75, 3.05) is 6.54 Å². The summed E-state index contributed by atoms with van der Waals surface area (Å²) in [5, 5.41) is 12.1. The molecule has 0 radical (unpaired) electrons. The van der Waals surface area contributed by atoms with Crippen LogP contribution in [0.3, 0.4) is 0 Å². The molecule has 1 atom stereocenters. The monoisotopic (exact) mass is 277 g/mol. The number of rotatable bonds is 3. The van der Waals surface area contributed by atoms with Crippen LogP contribution in [0.4, 0.5) is 4.79 Å².